The van der Waals surface area contributed by atoms with E-state index in [0.717, 1.165) is 15.8 Å². The zero-order valence-electron chi connectivity index (χ0n) is 11.9. The fourth-order valence-electron chi connectivity index (χ4n) is 2.13. The summed E-state index contributed by atoms with van der Waals surface area (Å²) in [6.45, 7) is 0. The molecule has 0 fully saturated rings. The molecule has 0 aliphatic carbocycles. The monoisotopic (exact) mass is 340 g/mol. The third-order valence-electron chi connectivity index (χ3n) is 3.16. The van der Waals surface area contributed by atoms with Crippen LogP contribution in [0.15, 0.2) is 51.5 Å². The van der Waals surface area contributed by atoms with E-state index in [1.807, 2.05) is 42.5 Å². The molecule has 0 radical (unpaired) electrons. The van der Waals surface area contributed by atoms with E-state index >= 15 is 0 Å². The zero-order valence-corrected chi connectivity index (χ0v) is 13.6. The summed E-state index contributed by atoms with van der Waals surface area (Å²) in [5.74, 6) is 0.610. The van der Waals surface area contributed by atoms with Crippen LogP contribution in [-0.2, 0) is 0 Å². The van der Waals surface area contributed by atoms with Crippen LogP contribution in [0.25, 0.3) is 16.3 Å². The second kappa shape index (κ2) is 6.73. The molecule has 3 aromatic rings. The number of hydrogen-bond donors (Lipinski definition) is 2. The predicted octanol–water partition coefficient (Wildman–Crippen LogP) is 3.97. The van der Waals surface area contributed by atoms with Crippen LogP contribution in [0.1, 0.15) is 11.1 Å². The van der Waals surface area contributed by atoms with Gasteiger partial charge in [0.05, 0.1) is 14.4 Å². The average molecular weight is 340 g/mol. The summed E-state index contributed by atoms with van der Waals surface area (Å²) in [6.07, 6.45) is 4.04. The van der Waals surface area contributed by atoms with Crippen molar-refractivity contribution in [1.29, 1.82) is 5.26 Å². The van der Waals surface area contributed by atoms with Crippen LogP contribution < -0.4 is 5.56 Å². The highest BCUT2D eigenvalue weighted by Crippen LogP contribution is 2.39. The predicted molar refractivity (Wildman–Crippen MR) is 95.0 cm³/mol. The largest absolute Gasteiger partial charge is 0.506 e. The van der Waals surface area contributed by atoms with Gasteiger partial charge in [-0.2, -0.15) is 5.26 Å². The highest BCUT2D eigenvalue weighted by atomic mass is 32.2. The third-order valence-corrected chi connectivity index (χ3v) is 5.59. The van der Waals surface area contributed by atoms with Crippen molar-refractivity contribution < 1.29 is 5.11 Å². The first-order valence-corrected chi connectivity index (χ1v) is 8.62. The summed E-state index contributed by atoms with van der Waals surface area (Å²) in [4.78, 5) is 14.1. The van der Waals surface area contributed by atoms with Crippen LogP contribution in [0.5, 0.6) is 5.75 Å². The Morgan fingerprint density at radius 3 is 2.87 bits per heavy atom. The molecular formula is C17H12N2O2S2. The minimum absolute atomic E-state index is 0.0862. The van der Waals surface area contributed by atoms with Gasteiger partial charge in [-0.1, -0.05) is 42.5 Å². The highest BCUT2D eigenvalue weighted by Gasteiger charge is 2.15. The van der Waals surface area contributed by atoms with E-state index in [1.54, 1.807) is 0 Å². The summed E-state index contributed by atoms with van der Waals surface area (Å²) < 4.78 is 1.33. The van der Waals surface area contributed by atoms with E-state index in [2.05, 4.69) is 11.1 Å². The number of H-pyrrole nitrogens is 1. The number of thioether (sulfide) groups is 1. The maximum atomic E-state index is 11.5. The van der Waals surface area contributed by atoms with Gasteiger partial charge in [-0.3, -0.25) is 4.79 Å². The lowest BCUT2D eigenvalue weighted by molar-refractivity contribution is 0.481. The first-order valence-electron chi connectivity index (χ1n) is 6.82. The number of nitriles is 1. The second-order valence-corrected chi connectivity index (χ2v) is 7.03. The number of aromatic nitrogens is 1. The van der Waals surface area contributed by atoms with Gasteiger partial charge in [0.1, 0.15) is 17.4 Å². The standard InChI is InChI=1S/C17H12N2O2S2/c18-10-12-15-16(13(20)9-14(21)19-15)23-17(12)22-8-4-7-11-5-2-1-3-6-11/h1-7,9H,8H2,(H2,19,20,21)/b7-4+. The fourth-order valence-corrected chi connectivity index (χ4v) is 4.31. The lowest BCUT2D eigenvalue weighted by Crippen LogP contribution is -2.02. The van der Waals surface area contributed by atoms with Crippen molar-refractivity contribution in [1.82, 2.24) is 4.98 Å². The van der Waals surface area contributed by atoms with Crippen LogP contribution in [0.4, 0.5) is 0 Å². The van der Waals surface area contributed by atoms with E-state index in [9.17, 15) is 15.2 Å². The summed E-state index contributed by atoms with van der Waals surface area (Å²) in [5, 5.41) is 19.2. The number of aromatic amines is 1. The van der Waals surface area contributed by atoms with Gasteiger partial charge in [-0.05, 0) is 5.56 Å². The Bertz CT molecular complexity index is 966. The van der Waals surface area contributed by atoms with Crippen LogP contribution in [-0.4, -0.2) is 15.8 Å². The van der Waals surface area contributed by atoms with Crippen LogP contribution >= 0.6 is 23.1 Å². The van der Waals surface area contributed by atoms with Crippen molar-refractivity contribution in [2.75, 3.05) is 5.75 Å². The lowest BCUT2D eigenvalue weighted by atomic mass is 10.2. The van der Waals surface area contributed by atoms with Crippen molar-refractivity contribution in [2.45, 2.75) is 4.21 Å². The number of aromatic hydroxyl groups is 1. The number of nitrogens with one attached hydrogen (secondary N) is 1. The molecule has 23 heavy (non-hydrogen) atoms. The Morgan fingerprint density at radius 2 is 2.13 bits per heavy atom. The van der Waals surface area contributed by atoms with Crippen LogP contribution in [0.3, 0.4) is 0 Å². The molecule has 0 saturated heterocycles. The summed E-state index contributed by atoms with van der Waals surface area (Å²) in [5.41, 5.74) is 1.53. The van der Waals surface area contributed by atoms with Gasteiger partial charge in [0.15, 0.2) is 0 Å². The highest BCUT2D eigenvalue weighted by molar-refractivity contribution is 8.01. The van der Waals surface area contributed by atoms with Crippen molar-refractivity contribution in [3.8, 4) is 11.8 Å². The zero-order chi connectivity index (χ0) is 16.2. The molecule has 0 spiro atoms. The minimum atomic E-state index is -0.412. The lowest BCUT2D eigenvalue weighted by Gasteiger charge is -1.95. The van der Waals surface area contributed by atoms with Crippen LogP contribution in [0.2, 0.25) is 0 Å². The molecule has 2 aromatic heterocycles. The molecular weight excluding hydrogens is 328 g/mol. The number of fused-ring (bicyclic) bond motifs is 1. The smallest absolute Gasteiger partial charge is 0.252 e. The number of rotatable bonds is 4. The Labute approximate surface area is 140 Å². The molecule has 2 heterocycles. The maximum Gasteiger partial charge on any atom is 0.252 e. The van der Waals surface area contributed by atoms with Gasteiger partial charge in [-0.25, -0.2) is 0 Å². The number of benzene rings is 1. The van der Waals surface area contributed by atoms with Crippen molar-refractivity contribution in [2.24, 2.45) is 0 Å². The topological polar surface area (TPSA) is 76.9 Å². The molecule has 0 aliphatic heterocycles. The average Bonchev–Trinajstić information content (AvgIpc) is 2.90. The Balaban J connectivity index is 1.83. The Hall–Kier alpha value is -2.49. The van der Waals surface area contributed by atoms with Crippen molar-refractivity contribution >= 4 is 39.4 Å². The molecule has 0 unspecified atom stereocenters. The third kappa shape index (κ3) is 3.31. The Kier molecular flexibility index (Phi) is 4.51. The molecule has 114 valence electrons. The first-order chi connectivity index (χ1) is 11.2. The molecule has 4 nitrogen and oxygen atoms in total. The van der Waals surface area contributed by atoms with Gasteiger partial charge in [0, 0.05) is 11.8 Å². The molecule has 0 atom stereocenters. The van der Waals surface area contributed by atoms with E-state index in [-0.39, 0.29) is 5.75 Å². The van der Waals surface area contributed by atoms with Gasteiger partial charge in [-0.15, -0.1) is 23.1 Å². The van der Waals surface area contributed by atoms with Gasteiger partial charge in [0.2, 0.25) is 0 Å². The fraction of sp³-hybridized carbons (Fsp3) is 0.0588. The quantitative estimate of drug-likeness (QED) is 0.705. The number of thiophene rings is 1. The summed E-state index contributed by atoms with van der Waals surface area (Å²) in [6, 6.07) is 13.2. The van der Waals surface area contributed by atoms with Gasteiger partial charge < -0.3 is 10.1 Å². The number of hydrogen-bond acceptors (Lipinski definition) is 5. The molecule has 3 rings (SSSR count). The van der Waals surface area contributed by atoms with Crippen LogP contribution in [0, 0.1) is 11.3 Å². The molecule has 6 heteroatoms. The molecule has 0 amide bonds. The summed E-state index contributed by atoms with van der Waals surface area (Å²) >= 11 is 2.82. The van der Waals surface area contributed by atoms with E-state index in [4.69, 9.17) is 0 Å². The van der Waals surface area contributed by atoms with Crippen molar-refractivity contribution in [3.05, 3.63) is 64.0 Å². The van der Waals surface area contributed by atoms with E-state index < -0.39 is 5.56 Å². The molecule has 0 bridgehead atoms. The second-order valence-electron chi connectivity index (χ2n) is 4.72. The molecule has 1 aromatic carbocycles. The summed E-state index contributed by atoms with van der Waals surface area (Å²) in [7, 11) is 0. The molecule has 0 saturated carbocycles. The van der Waals surface area contributed by atoms with E-state index in [1.165, 1.54) is 23.1 Å². The first kappa shape index (κ1) is 15.4. The number of pyridine rings is 1. The maximum absolute atomic E-state index is 11.5. The van der Waals surface area contributed by atoms with E-state index in [0.29, 0.717) is 21.5 Å². The van der Waals surface area contributed by atoms with Gasteiger partial charge >= 0.3 is 0 Å². The molecule has 2 N–H and O–H groups in total. The molecule has 0 aliphatic rings. The van der Waals surface area contributed by atoms with Gasteiger partial charge in [0.25, 0.3) is 5.56 Å². The normalized spacial score (nSPS) is 11.1. The minimum Gasteiger partial charge on any atom is -0.506 e. The number of nitrogens with zero attached hydrogens (tertiary/aromatic N) is 1. The van der Waals surface area contributed by atoms with Crippen molar-refractivity contribution in [3.63, 3.8) is 0 Å². The Morgan fingerprint density at radius 1 is 1.35 bits per heavy atom. The SMILES string of the molecule is N#Cc1c(SC/C=C/c2ccccc2)sc2c(O)cc(=O)[nH]c12.